The Morgan fingerprint density at radius 1 is 1.24 bits per heavy atom. The SMILES string of the molecule is COc1cccc2c(-c3cnc(COS(C)(=O)=O)s3)cn(CC3CCCCC3)c12. The van der Waals surface area contributed by atoms with Gasteiger partial charge in [-0.15, -0.1) is 11.3 Å². The van der Waals surface area contributed by atoms with Gasteiger partial charge in [0.1, 0.15) is 17.4 Å². The molecule has 0 bridgehead atoms. The lowest BCUT2D eigenvalue weighted by atomic mass is 9.89. The number of thiazole rings is 1. The summed E-state index contributed by atoms with van der Waals surface area (Å²) >= 11 is 1.46. The van der Waals surface area contributed by atoms with Crippen LogP contribution in [0.1, 0.15) is 37.1 Å². The van der Waals surface area contributed by atoms with Gasteiger partial charge in [-0.3, -0.25) is 4.18 Å². The molecule has 1 fully saturated rings. The Balaban J connectivity index is 1.70. The Kier molecular flexibility index (Phi) is 5.94. The van der Waals surface area contributed by atoms with E-state index >= 15 is 0 Å². The molecule has 6 nitrogen and oxygen atoms in total. The molecular weight excluding hydrogens is 408 g/mol. The van der Waals surface area contributed by atoms with E-state index in [9.17, 15) is 8.42 Å². The van der Waals surface area contributed by atoms with Crippen molar-refractivity contribution in [2.24, 2.45) is 5.92 Å². The zero-order valence-corrected chi connectivity index (χ0v) is 18.4. The molecule has 4 rings (SSSR count). The molecule has 0 saturated heterocycles. The van der Waals surface area contributed by atoms with Crippen LogP contribution >= 0.6 is 11.3 Å². The van der Waals surface area contributed by atoms with Crippen LogP contribution in [0.5, 0.6) is 5.75 Å². The molecule has 0 aliphatic heterocycles. The van der Waals surface area contributed by atoms with Crippen LogP contribution < -0.4 is 4.74 Å². The highest BCUT2D eigenvalue weighted by Gasteiger charge is 2.20. The first-order chi connectivity index (χ1) is 13.9. The predicted octanol–water partition coefficient (Wildman–Crippen LogP) is 4.83. The van der Waals surface area contributed by atoms with E-state index in [0.717, 1.165) is 39.9 Å². The number of methoxy groups -OCH3 is 1. The van der Waals surface area contributed by atoms with Crippen LogP contribution in [0.25, 0.3) is 21.3 Å². The summed E-state index contributed by atoms with van der Waals surface area (Å²) in [4.78, 5) is 5.36. The fourth-order valence-corrected chi connectivity index (χ4v) is 5.39. The summed E-state index contributed by atoms with van der Waals surface area (Å²) in [7, 11) is -1.78. The van der Waals surface area contributed by atoms with E-state index in [0.29, 0.717) is 10.9 Å². The van der Waals surface area contributed by atoms with Gasteiger partial charge in [0.05, 0.1) is 23.8 Å². The second kappa shape index (κ2) is 8.45. The lowest BCUT2D eigenvalue weighted by Crippen LogP contribution is -2.13. The summed E-state index contributed by atoms with van der Waals surface area (Å²) < 4.78 is 35.4. The first kappa shape index (κ1) is 20.4. The Morgan fingerprint density at radius 3 is 2.76 bits per heavy atom. The minimum absolute atomic E-state index is 0.0342. The Morgan fingerprint density at radius 2 is 2.03 bits per heavy atom. The molecule has 0 spiro atoms. The van der Waals surface area contributed by atoms with Crippen LogP contribution in [0.4, 0.5) is 0 Å². The van der Waals surface area contributed by atoms with Crippen molar-refractivity contribution in [2.75, 3.05) is 13.4 Å². The Labute approximate surface area is 175 Å². The second-order valence-corrected chi connectivity index (χ2v) is 10.4. The van der Waals surface area contributed by atoms with Gasteiger partial charge >= 0.3 is 0 Å². The summed E-state index contributed by atoms with van der Waals surface area (Å²) in [6, 6.07) is 6.11. The van der Waals surface area contributed by atoms with Gasteiger partial charge < -0.3 is 9.30 Å². The standard InChI is InChI=1S/C21H26N2O4S2/c1-26-18-10-6-9-16-17(19-11-22-20(28-19)14-27-29(2,24)25)13-23(21(16)18)12-15-7-4-3-5-8-15/h6,9-11,13,15H,3-5,7-8,12,14H2,1-2H3. The van der Waals surface area contributed by atoms with Crippen molar-refractivity contribution < 1.29 is 17.3 Å². The third kappa shape index (κ3) is 4.65. The first-order valence-corrected chi connectivity index (χ1v) is 12.5. The molecule has 0 radical (unpaired) electrons. The minimum Gasteiger partial charge on any atom is -0.495 e. The molecule has 1 aliphatic rings. The van der Waals surface area contributed by atoms with E-state index in [1.165, 1.54) is 43.4 Å². The lowest BCUT2D eigenvalue weighted by Gasteiger charge is -2.22. The maximum absolute atomic E-state index is 11.3. The third-order valence-corrected chi connectivity index (χ3v) is 7.03. The van der Waals surface area contributed by atoms with E-state index in [2.05, 4.69) is 21.8 Å². The van der Waals surface area contributed by atoms with Crippen LogP contribution in [-0.4, -0.2) is 31.3 Å². The van der Waals surface area contributed by atoms with E-state index in [1.807, 2.05) is 12.1 Å². The molecule has 29 heavy (non-hydrogen) atoms. The van der Waals surface area contributed by atoms with Crippen molar-refractivity contribution in [3.63, 3.8) is 0 Å². The summed E-state index contributed by atoms with van der Waals surface area (Å²) in [5.74, 6) is 1.56. The number of para-hydroxylation sites is 1. The van der Waals surface area contributed by atoms with Gasteiger partial charge in [-0.2, -0.15) is 8.42 Å². The molecule has 0 amide bonds. The third-order valence-electron chi connectivity index (χ3n) is 5.48. The number of rotatable bonds is 7. The summed E-state index contributed by atoms with van der Waals surface area (Å²) in [5.41, 5.74) is 2.20. The monoisotopic (exact) mass is 434 g/mol. The van der Waals surface area contributed by atoms with Crippen LogP contribution in [0.3, 0.4) is 0 Å². The molecule has 3 aromatic rings. The largest absolute Gasteiger partial charge is 0.495 e. The first-order valence-electron chi connectivity index (χ1n) is 9.90. The number of hydrogen-bond donors (Lipinski definition) is 0. The zero-order chi connectivity index (χ0) is 20.4. The van der Waals surface area contributed by atoms with Gasteiger partial charge in [0.2, 0.25) is 0 Å². The molecule has 2 aromatic heterocycles. The zero-order valence-electron chi connectivity index (χ0n) is 16.8. The number of ether oxygens (including phenoxy) is 1. The number of benzene rings is 1. The summed E-state index contributed by atoms with van der Waals surface area (Å²) in [5, 5.41) is 1.76. The van der Waals surface area contributed by atoms with Crippen molar-refractivity contribution in [3.8, 4) is 16.2 Å². The number of hydrogen-bond acceptors (Lipinski definition) is 6. The van der Waals surface area contributed by atoms with Crippen LogP contribution in [0.15, 0.2) is 30.6 Å². The molecule has 0 N–H and O–H groups in total. The van der Waals surface area contributed by atoms with Gasteiger partial charge in [-0.1, -0.05) is 31.4 Å². The fourth-order valence-electron chi connectivity index (χ4n) is 4.14. The van der Waals surface area contributed by atoms with Gasteiger partial charge in [-0.05, 0) is 24.8 Å². The quantitative estimate of drug-likeness (QED) is 0.498. The molecule has 2 heterocycles. The van der Waals surface area contributed by atoms with Crippen molar-refractivity contribution in [1.82, 2.24) is 9.55 Å². The van der Waals surface area contributed by atoms with Crippen molar-refractivity contribution in [3.05, 3.63) is 35.6 Å². The number of aromatic nitrogens is 2. The summed E-state index contributed by atoms with van der Waals surface area (Å²) in [6.07, 6.45) is 11.6. The molecule has 0 atom stereocenters. The lowest BCUT2D eigenvalue weighted by molar-refractivity contribution is 0.311. The molecule has 1 aromatic carbocycles. The van der Waals surface area contributed by atoms with Gasteiger partial charge in [0.25, 0.3) is 10.1 Å². The molecule has 0 unspecified atom stereocenters. The Hall–Kier alpha value is -1.90. The highest BCUT2D eigenvalue weighted by molar-refractivity contribution is 7.85. The Bertz CT molecular complexity index is 1100. The van der Waals surface area contributed by atoms with E-state index < -0.39 is 10.1 Å². The van der Waals surface area contributed by atoms with Crippen molar-refractivity contribution in [1.29, 1.82) is 0 Å². The topological polar surface area (TPSA) is 70.4 Å². The van der Waals surface area contributed by atoms with E-state index in [4.69, 9.17) is 8.92 Å². The van der Waals surface area contributed by atoms with E-state index in [1.54, 1.807) is 13.3 Å². The second-order valence-electron chi connectivity index (χ2n) is 7.64. The predicted molar refractivity (Wildman–Crippen MR) is 116 cm³/mol. The summed E-state index contributed by atoms with van der Waals surface area (Å²) in [6.45, 7) is 0.952. The minimum atomic E-state index is -3.49. The maximum atomic E-state index is 11.3. The molecular formula is C21H26N2O4S2. The van der Waals surface area contributed by atoms with Crippen LogP contribution in [-0.2, 0) is 27.5 Å². The molecule has 8 heteroatoms. The number of nitrogens with zero attached hydrogens (tertiary/aromatic N) is 2. The van der Waals surface area contributed by atoms with Crippen LogP contribution in [0, 0.1) is 5.92 Å². The highest BCUT2D eigenvalue weighted by Crippen LogP contribution is 2.39. The fraction of sp³-hybridized carbons (Fsp3) is 0.476. The van der Waals surface area contributed by atoms with Gasteiger partial charge in [0.15, 0.2) is 0 Å². The molecule has 1 aliphatic carbocycles. The average Bonchev–Trinajstić information content (AvgIpc) is 3.31. The van der Waals surface area contributed by atoms with Crippen molar-refractivity contribution in [2.45, 2.75) is 45.3 Å². The normalized spacial score (nSPS) is 15.8. The molecule has 1 saturated carbocycles. The smallest absolute Gasteiger partial charge is 0.264 e. The van der Waals surface area contributed by atoms with Gasteiger partial charge in [0, 0.05) is 29.9 Å². The van der Waals surface area contributed by atoms with E-state index in [-0.39, 0.29) is 6.61 Å². The number of fused-ring (bicyclic) bond motifs is 1. The molecule has 156 valence electrons. The van der Waals surface area contributed by atoms with Gasteiger partial charge in [-0.25, -0.2) is 4.98 Å². The van der Waals surface area contributed by atoms with Crippen LogP contribution in [0.2, 0.25) is 0 Å². The highest BCUT2D eigenvalue weighted by atomic mass is 32.2. The maximum Gasteiger partial charge on any atom is 0.264 e. The average molecular weight is 435 g/mol. The van der Waals surface area contributed by atoms with Crippen molar-refractivity contribution >= 4 is 32.4 Å².